The lowest BCUT2D eigenvalue weighted by atomic mass is 9.96. The van der Waals surface area contributed by atoms with E-state index in [9.17, 15) is 4.79 Å². The van der Waals surface area contributed by atoms with Gasteiger partial charge in [0.2, 0.25) is 0 Å². The summed E-state index contributed by atoms with van der Waals surface area (Å²) >= 11 is 0. The molecule has 1 unspecified atom stereocenters. The first-order chi connectivity index (χ1) is 9.35. The molecular formula is C16H24N2O2. The van der Waals surface area contributed by atoms with Crippen molar-refractivity contribution in [2.24, 2.45) is 0 Å². The Morgan fingerprint density at radius 2 is 2.15 bits per heavy atom. The van der Waals surface area contributed by atoms with Crippen LogP contribution in [0.2, 0.25) is 0 Å². The molecule has 0 aromatic heterocycles. The first-order valence-electron chi connectivity index (χ1n) is 7.16. The predicted molar refractivity (Wildman–Crippen MR) is 81.3 cm³/mol. The SMILES string of the molecule is Cc1cc(C2CCNC2)ccc1NC(=O)OC(C)(C)C. The van der Waals surface area contributed by atoms with Crippen molar-refractivity contribution >= 4 is 11.8 Å². The zero-order valence-corrected chi connectivity index (χ0v) is 12.7. The highest BCUT2D eigenvalue weighted by Gasteiger charge is 2.19. The molecular weight excluding hydrogens is 252 g/mol. The summed E-state index contributed by atoms with van der Waals surface area (Å²) < 4.78 is 5.27. The van der Waals surface area contributed by atoms with Gasteiger partial charge in [0.25, 0.3) is 0 Å². The molecule has 0 spiro atoms. The van der Waals surface area contributed by atoms with Crippen molar-refractivity contribution < 1.29 is 9.53 Å². The van der Waals surface area contributed by atoms with E-state index >= 15 is 0 Å². The number of hydrogen-bond acceptors (Lipinski definition) is 3. The third kappa shape index (κ3) is 3.97. The lowest BCUT2D eigenvalue weighted by Gasteiger charge is -2.20. The van der Waals surface area contributed by atoms with Crippen molar-refractivity contribution in [2.75, 3.05) is 18.4 Å². The van der Waals surface area contributed by atoms with E-state index in [4.69, 9.17) is 4.74 Å². The molecule has 0 radical (unpaired) electrons. The Hall–Kier alpha value is -1.55. The predicted octanol–water partition coefficient (Wildman–Crippen LogP) is 3.42. The van der Waals surface area contributed by atoms with Crippen LogP contribution in [-0.4, -0.2) is 24.8 Å². The molecule has 2 rings (SSSR count). The standard InChI is InChI=1S/C16H24N2O2/c1-11-9-12(13-7-8-17-10-13)5-6-14(11)18-15(19)20-16(2,3)4/h5-6,9,13,17H,7-8,10H2,1-4H3,(H,18,19). The summed E-state index contributed by atoms with van der Waals surface area (Å²) in [6.07, 6.45) is 0.772. The molecule has 0 bridgehead atoms. The van der Waals surface area contributed by atoms with Crippen LogP contribution < -0.4 is 10.6 Å². The van der Waals surface area contributed by atoms with Crippen LogP contribution in [0.3, 0.4) is 0 Å². The molecule has 1 aliphatic heterocycles. The molecule has 4 nitrogen and oxygen atoms in total. The molecule has 4 heteroatoms. The highest BCUT2D eigenvalue weighted by Crippen LogP contribution is 2.26. The van der Waals surface area contributed by atoms with Crippen LogP contribution in [-0.2, 0) is 4.74 Å². The Bertz CT molecular complexity index is 486. The molecule has 20 heavy (non-hydrogen) atoms. The van der Waals surface area contributed by atoms with Gasteiger partial charge in [-0.1, -0.05) is 12.1 Å². The van der Waals surface area contributed by atoms with Gasteiger partial charge < -0.3 is 10.1 Å². The van der Waals surface area contributed by atoms with Gasteiger partial charge in [0.15, 0.2) is 0 Å². The molecule has 0 aliphatic carbocycles. The molecule has 1 amide bonds. The minimum Gasteiger partial charge on any atom is -0.444 e. The highest BCUT2D eigenvalue weighted by atomic mass is 16.6. The normalized spacial score (nSPS) is 18.9. The lowest BCUT2D eigenvalue weighted by molar-refractivity contribution is 0.0636. The largest absolute Gasteiger partial charge is 0.444 e. The Balaban J connectivity index is 2.04. The summed E-state index contributed by atoms with van der Waals surface area (Å²) in [6.45, 7) is 9.71. The second-order valence-electron chi connectivity index (χ2n) is 6.39. The van der Waals surface area contributed by atoms with Crippen molar-refractivity contribution in [3.8, 4) is 0 Å². The summed E-state index contributed by atoms with van der Waals surface area (Å²) in [5, 5.41) is 6.18. The zero-order chi connectivity index (χ0) is 14.8. The molecule has 1 aliphatic rings. The first-order valence-corrected chi connectivity index (χ1v) is 7.16. The summed E-state index contributed by atoms with van der Waals surface area (Å²) in [5.74, 6) is 0.587. The van der Waals surface area contributed by atoms with Crippen LogP contribution in [0.15, 0.2) is 18.2 Å². The maximum Gasteiger partial charge on any atom is 0.412 e. The van der Waals surface area contributed by atoms with Gasteiger partial charge in [0, 0.05) is 12.2 Å². The monoisotopic (exact) mass is 276 g/mol. The van der Waals surface area contributed by atoms with Crippen LogP contribution in [0.1, 0.15) is 44.2 Å². The van der Waals surface area contributed by atoms with Crippen molar-refractivity contribution in [1.29, 1.82) is 0 Å². The second kappa shape index (κ2) is 5.83. The van der Waals surface area contributed by atoms with Crippen molar-refractivity contribution in [3.63, 3.8) is 0 Å². The number of ether oxygens (including phenoxy) is 1. The van der Waals surface area contributed by atoms with E-state index in [1.54, 1.807) is 0 Å². The zero-order valence-electron chi connectivity index (χ0n) is 12.7. The van der Waals surface area contributed by atoms with E-state index in [2.05, 4.69) is 22.8 Å². The van der Waals surface area contributed by atoms with Gasteiger partial charge in [0.05, 0.1) is 0 Å². The summed E-state index contributed by atoms with van der Waals surface area (Å²) in [5.41, 5.74) is 2.74. The molecule has 2 N–H and O–H groups in total. The Labute approximate surface area is 120 Å². The average molecular weight is 276 g/mol. The van der Waals surface area contributed by atoms with Crippen molar-refractivity contribution in [2.45, 2.75) is 45.6 Å². The van der Waals surface area contributed by atoms with Gasteiger partial charge >= 0.3 is 6.09 Å². The Morgan fingerprint density at radius 1 is 1.40 bits per heavy atom. The average Bonchev–Trinajstić information content (AvgIpc) is 2.82. The first kappa shape index (κ1) is 14.9. The molecule has 1 aromatic carbocycles. The molecule has 110 valence electrons. The summed E-state index contributed by atoms with van der Waals surface area (Å²) in [6, 6.07) is 6.22. The number of amides is 1. The van der Waals surface area contributed by atoms with Crippen LogP contribution in [0, 0.1) is 6.92 Å². The maximum absolute atomic E-state index is 11.8. The highest BCUT2D eigenvalue weighted by molar-refractivity contribution is 5.85. The third-order valence-electron chi connectivity index (χ3n) is 3.42. The summed E-state index contributed by atoms with van der Waals surface area (Å²) in [4.78, 5) is 11.8. The van der Waals surface area contributed by atoms with E-state index in [0.29, 0.717) is 5.92 Å². The third-order valence-corrected chi connectivity index (χ3v) is 3.42. The van der Waals surface area contributed by atoms with Gasteiger partial charge in [-0.15, -0.1) is 0 Å². The van der Waals surface area contributed by atoms with Crippen LogP contribution in [0.4, 0.5) is 10.5 Å². The number of rotatable bonds is 2. The molecule has 1 atom stereocenters. The fraction of sp³-hybridized carbons (Fsp3) is 0.562. The van der Waals surface area contributed by atoms with Crippen LogP contribution in [0.5, 0.6) is 0 Å². The Kier molecular flexibility index (Phi) is 4.33. The molecule has 1 aromatic rings. The van der Waals surface area contributed by atoms with Gasteiger partial charge in [-0.3, -0.25) is 5.32 Å². The number of aryl methyl sites for hydroxylation is 1. The fourth-order valence-corrected chi connectivity index (χ4v) is 2.43. The van der Waals surface area contributed by atoms with E-state index in [1.807, 2.05) is 33.8 Å². The topological polar surface area (TPSA) is 50.4 Å². The van der Waals surface area contributed by atoms with E-state index < -0.39 is 11.7 Å². The van der Waals surface area contributed by atoms with Crippen LogP contribution in [0.25, 0.3) is 0 Å². The van der Waals surface area contributed by atoms with E-state index in [-0.39, 0.29) is 0 Å². The van der Waals surface area contributed by atoms with Gasteiger partial charge in [-0.2, -0.15) is 0 Å². The number of anilines is 1. The Morgan fingerprint density at radius 3 is 2.70 bits per heavy atom. The maximum atomic E-state index is 11.8. The number of benzene rings is 1. The molecule has 1 heterocycles. The molecule has 1 fully saturated rings. The quantitative estimate of drug-likeness (QED) is 0.870. The lowest BCUT2D eigenvalue weighted by Crippen LogP contribution is -2.27. The minimum absolute atomic E-state index is 0.407. The second-order valence-corrected chi connectivity index (χ2v) is 6.39. The fourth-order valence-electron chi connectivity index (χ4n) is 2.43. The van der Waals surface area contributed by atoms with Gasteiger partial charge in [-0.25, -0.2) is 4.79 Å². The number of carbonyl (C=O) groups is 1. The minimum atomic E-state index is -0.479. The summed E-state index contributed by atoms with van der Waals surface area (Å²) in [7, 11) is 0. The number of hydrogen-bond donors (Lipinski definition) is 2. The number of nitrogens with one attached hydrogen (secondary N) is 2. The van der Waals surface area contributed by atoms with Gasteiger partial charge in [-0.05, 0) is 63.8 Å². The van der Waals surface area contributed by atoms with Crippen LogP contribution >= 0.6 is 0 Å². The number of carbonyl (C=O) groups excluding carboxylic acids is 1. The molecule has 0 saturated carbocycles. The van der Waals surface area contributed by atoms with Gasteiger partial charge in [0.1, 0.15) is 5.60 Å². The van der Waals surface area contributed by atoms with E-state index in [1.165, 1.54) is 12.0 Å². The van der Waals surface area contributed by atoms with Crippen molar-refractivity contribution in [1.82, 2.24) is 5.32 Å². The smallest absolute Gasteiger partial charge is 0.412 e. The molecule has 1 saturated heterocycles. The van der Waals surface area contributed by atoms with E-state index in [0.717, 1.165) is 24.3 Å². The van der Waals surface area contributed by atoms with Crippen molar-refractivity contribution in [3.05, 3.63) is 29.3 Å².